The van der Waals surface area contributed by atoms with E-state index in [9.17, 15) is 0 Å². The predicted molar refractivity (Wildman–Crippen MR) is 93.9 cm³/mol. The quantitative estimate of drug-likeness (QED) is 0.766. The molecule has 1 aromatic heterocycles. The molecular weight excluding hydrogens is 330 g/mol. The highest BCUT2D eigenvalue weighted by Crippen LogP contribution is 2.39. The van der Waals surface area contributed by atoms with Crippen molar-refractivity contribution in [2.45, 2.75) is 32.5 Å². The highest BCUT2D eigenvalue weighted by Gasteiger charge is 2.29. The van der Waals surface area contributed by atoms with Gasteiger partial charge in [0.15, 0.2) is 3.95 Å². The lowest BCUT2D eigenvalue weighted by Crippen LogP contribution is -2.27. The summed E-state index contributed by atoms with van der Waals surface area (Å²) in [6, 6.07) is 6.28. The van der Waals surface area contributed by atoms with Gasteiger partial charge in [0.25, 0.3) is 0 Å². The van der Waals surface area contributed by atoms with E-state index in [1.54, 1.807) is 25.6 Å². The van der Waals surface area contributed by atoms with Crippen molar-refractivity contribution in [3.05, 3.63) is 32.7 Å². The SMILES string of the molecule is COc1ccc(OC)c([C@H]2CCCN2Cn2nc(C)sc2=S)c1. The van der Waals surface area contributed by atoms with Gasteiger partial charge in [-0.1, -0.05) is 11.3 Å². The number of likely N-dealkylation sites (tertiary alicyclic amines) is 1. The van der Waals surface area contributed by atoms with Crippen molar-refractivity contribution in [3.8, 4) is 11.5 Å². The minimum atomic E-state index is 0.295. The number of methoxy groups -OCH3 is 2. The standard InChI is InChI=1S/C16H21N3O2S2/c1-11-17-19(16(22)23-11)10-18-8-4-5-14(18)13-9-12(20-2)6-7-15(13)21-3/h6-7,9,14H,4-5,8,10H2,1-3H3/t14-/m1/s1. The number of rotatable bonds is 5. The lowest BCUT2D eigenvalue weighted by molar-refractivity contribution is 0.187. The molecule has 5 nitrogen and oxygen atoms in total. The zero-order valence-corrected chi connectivity index (χ0v) is 15.2. The smallest absolute Gasteiger partial charge is 0.180 e. The number of ether oxygens (including phenoxy) is 2. The predicted octanol–water partition coefficient (Wildman–Crippen LogP) is 3.79. The zero-order valence-electron chi connectivity index (χ0n) is 13.6. The second-order valence-electron chi connectivity index (χ2n) is 5.61. The molecule has 7 heteroatoms. The van der Waals surface area contributed by atoms with E-state index >= 15 is 0 Å². The van der Waals surface area contributed by atoms with Gasteiger partial charge in [-0.25, -0.2) is 4.68 Å². The molecule has 23 heavy (non-hydrogen) atoms. The lowest BCUT2D eigenvalue weighted by atomic mass is 10.0. The first kappa shape index (κ1) is 16.4. The van der Waals surface area contributed by atoms with Crippen LogP contribution in [0.15, 0.2) is 18.2 Å². The van der Waals surface area contributed by atoms with Crippen molar-refractivity contribution in [1.29, 1.82) is 0 Å². The Morgan fingerprint density at radius 3 is 2.83 bits per heavy atom. The maximum Gasteiger partial charge on any atom is 0.180 e. The molecular formula is C16H21N3O2S2. The summed E-state index contributed by atoms with van der Waals surface area (Å²) in [6.45, 7) is 3.74. The number of aryl methyl sites for hydroxylation is 1. The molecule has 0 saturated carbocycles. The first-order valence-corrected chi connectivity index (χ1v) is 8.85. The summed E-state index contributed by atoms with van der Waals surface area (Å²) in [6.07, 6.45) is 2.25. The molecule has 0 bridgehead atoms. The van der Waals surface area contributed by atoms with Crippen LogP contribution in [0.2, 0.25) is 0 Å². The van der Waals surface area contributed by atoms with Gasteiger partial charge in [0.1, 0.15) is 16.5 Å². The summed E-state index contributed by atoms with van der Waals surface area (Å²) < 4.78 is 13.7. The Kier molecular flexibility index (Phi) is 4.99. The molecule has 0 N–H and O–H groups in total. The summed E-state index contributed by atoms with van der Waals surface area (Å²) in [5.74, 6) is 1.76. The van der Waals surface area contributed by atoms with E-state index in [2.05, 4.69) is 16.1 Å². The van der Waals surface area contributed by atoms with E-state index < -0.39 is 0 Å². The van der Waals surface area contributed by atoms with Gasteiger partial charge in [0.2, 0.25) is 0 Å². The van der Waals surface area contributed by atoms with E-state index in [1.165, 1.54) is 5.56 Å². The van der Waals surface area contributed by atoms with Gasteiger partial charge in [-0.3, -0.25) is 4.90 Å². The molecule has 3 rings (SSSR count). The van der Waals surface area contributed by atoms with Crippen LogP contribution in [0.1, 0.15) is 29.5 Å². The molecule has 0 unspecified atom stereocenters. The summed E-state index contributed by atoms with van der Waals surface area (Å²) in [5.41, 5.74) is 1.17. The number of benzene rings is 1. The van der Waals surface area contributed by atoms with Crippen LogP contribution in [0.4, 0.5) is 0 Å². The molecule has 1 aliphatic heterocycles. The summed E-state index contributed by atoms with van der Waals surface area (Å²) in [4.78, 5) is 2.41. The Morgan fingerprint density at radius 1 is 1.35 bits per heavy atom. The molecule has 0 amide bonds. The summed E-state index contributed by atoms with van der Waals surface area (Å²) in [5, 5.41) is 5.52. The molecule has 0 aliphatic carbocycles. The van der Waals surface area contributed by atoms with Gasteiger partial charge >= 0.3 is 0 Å². The van der Waals surface area contributed by atoms with Crippen LogP contribution in [0.3, 0.4) is 0 Å². The minimum absolute atomic E-state index is 0.295. The fraction of sp³-hybridized carbons (Fsp3) is 0.500. The second-order valence-corrected chi connectivity index (χ2v) is 7.43. The van der Waals surface area contributed by atoms with Crippen LogP contribution < -0.4 is 9.47 Å². The Bertz CT molecular complexity index is 741. The van der Waals surface area contributed by atoms with Gasteiger partial charge in [0, 0.05) is 18.2 Å². The van der Waals surface area contributed by atoms with E-state index in [0.717, 1.165) is 39.8 Å². The molecule has 1 fully saturated rings. The third-order valence-electron chi connectivity index (χ3n) is 4.18. The molecule has 1 atom stereocenters. The van der Waals surface area contributed by atoms with Crippen molar-refractivity contribution < 1.29 is 9.47 Å². The Balaban J connectivity index is 1.89. The van der Waals surface area contributed by atoms with Crippen molar-refractivity contribution in [3.63, 3.8) is 0 Å². The highest BCUT2D eigenvalue weighted by atomic mass is 32.1. The topological polar surface area (TPSA) is 39.5 Å². The maximum atomic E-state index is 5.56. The number of hydrogen-bond acceptors (Lipinski definition) is 6. The van der Waals surface area contributed by atoms with Crippen LogP contribution in [-0.2, 0) is 6.67 Å². The fourth-order valence-electron chi connectivity index (χ4n) is 3.12. The van der Waals surface area contributed by atoms with Gasteiger partial charge < -0.3 is 9.47 Å². The highest BCUT2D eigenvalue weighted by molar-refractivity contribution is 7.73. The molecule has 1 saturated heterocycles. The molecule has 2 aromatic rings. The molecule has 0 radical (unpaired) electrons. The Hall–Kier alpha value is -1.44. The van der Waals surface area contributed by atoms with Crippen LogP contribution in [0, 0.1) is 10.9 Å². The summed E-state index contributed by atoms with van der Waals surface area (Å²) in [7, 11) is 3.40. The maximum absolute atomic E-state index is 5.56. The number of nitrogens with zero attached hydrogens (tertiary/aromatic N) is 3. The minimum Gasteiger partial charge on any atom is -0.497 e. The van der Waals surface area contributed by atoms with Crippen molar-refractivity contribution >= 4 is 23.6 Å². The van der Waals surface area contributed by atoms with Crippen LogP contribution in [0.25, 0.3) is 0 Å². The first-order valence-electron chi connectivity index (χ1n) is 7.63. The monoisotopic (exact) mass is 351 g/mol. The molecule has 1 aromatic carbocycles. The molecule has 124 valence electrons. The average molecular weight is 351 g/mol. The van der Waals surface area contributed by atoms with E-state index in [1.807, 2.05) is 23.7 Å². The first-order chi connectivity index (χ1) is 11.1. The van der Waals surface area contributed by atoms with Crippen molar-refractivity contribution in [1.82, 2.24) is 14.7 Å². The Morgan fingerprint density at radius 2 is 2.17 bits per heavy atom. The summed E-state index contributed by atoms with van der Waals surface area (Å²) >= 11 is 6.96. The number of aromatic nitrogens is 2. The third-order valence-corrected chi connectivity index (χ3v) is 5.41. The van der Waals surface area contributed by atoms with Gasteiger partial charge in [-0.05, 0) is 50.2 Å². The fourth-order valence-corrected chi connectivity index (χ4v) is 4.18. The molecule has 1 aliphatic rings. The van der Waals surface area contributed by atoms with Crippen LogP contribution >= 0.6 is 23.6 Å². The largest absolute Gasteiger partial charge is 0.497 e. The van der Waals surface area contributed by atoms with Crippen LogP contribution in [-0.4, -0.2) is 35.4 Å². The molecule has 0 spiro atoms. The van der Waals surface area contributed by atoms with Crippen molar-refractivity contribution in [2.24, 2.45) is 0 Å². The van der Waals surface area contributed by atoms with Gasteiger partial charge in [-0.15, -0.1) is 0 Å². The average Bonchev–Trinajstić information content (AvgIpc) is 3.13. The Labute approximate surface area is 145 Å². The van der Waals surface area contributed by atoms with Gasteiger partial charge in [0.05, 0.1) is 20.9 Å². The van der Waals surface area contributed by atoms with E-state index in [0.29, 0.717) is 12.7 Å². The van der Waals surface area contributed by atoms with Gasteiger partial charge in [-0.2, -0.15) is 5.10 Å². The zero-order chi connectivity index (χ0) is 16.4. The van der Waals surface area contributed by atoms with E-state index in [-0.39, 0.29) is 0 Å². The van der Waals surface area contributed by atoms with E-state index in [4.69, 9.17) is 21.7 Å². The van der Waals surface area contributed by atoms with Crippen LogP contribution in [0.5, 0.6) is 11.5 Å². The lowest BCUT2D eigenvalue weighted by Gasteiger charge is -2.26. The third kappa shape index (κ3) is 3.41. The number of hydrogen-bond donors (Lipinski definition) is 0. The van der Waals surface area contributed by atoms with Crippen molar-refractivity contribution in [2.75, 3.05) is 20.8 Å². The normalized spacial score (nSPS) is 18.3. The molecule has 2 heterocycles. The second kappa shape index (κ2) is 6.98.